The number of nitrogens with one attached hydrogen (secondary N) is 1. The fourth-order valence-electron chi connectivity index (χ4n) is 4.26. The maximum absolute atomic E-state index is 14.4. The summed E-state index contributed by atoms with van der Waals surface area (Å²) in [4.78, 5) is 32.3. The van der Waals surface area contributed by atoms with Gasteiger partial charge in [0.05, 0.1) is 42.0 Å². The van der Waals surface area contributed by atoms with Gasteiger partial charge in [-0.3, -0.25) is 14.6 Å². The number of amidine groups is 1. The summed E-state index contributed by atoms with van der Waals surface area (Å²) in [6, 6.07) is 4.75. The summed E-state index contributed by atoms with van der Waals surface area (Å²) in [5, 5.41) is 3.33. The van der Waals surface area contributed by atoms with E-state index in [4.69, 9.17) is 23.1 Å². The Morgan fingerprint density at radius 3 is 2.82 bits per heavy atom. The minimum Gasteiger partial charge on any atom is -0.353 e. The average molecular weight is 476 g/mol. The molecule has 178 valence electrons. The number of rotatable bonds is 10. The van der Waals surface area contributed by atoms with Crippen molar-refractivity contribution in [2.75, 3.05) is 19.6 Å². The SMILES string of the molecule is CC1=NCC(CNC(=O)[C@@H](N)CCCCN)N1C1C=CC(Cl)=CC1C(=O)c1ccccc1F. The summed E-state index contributed by atoms with van der Waals surface area (Å²) < 4.78 is 14.4. The normalized spacial score (nSPS) is 23.2. The first-order chi connectivity index (χ1) is 15.8. The van der Waals surface area contributed by atoms with Crippen LogP contribution in [-0.2, 0) is 4.79 Å². The maximum Gasteiger partial charge on any atom is 0.236 e. The summed E-state index contributed by atoms with van der Waals surface area (Å²) >= 11 is 6.22. The predicted octanol–water partition coefficient (Wildman–Crippen LogP) is 2.36. The van der Waals surface area contributed by atoms with Crippen molar-refractivity contribution in [3.05, 3.63) is 58.9 Å². The zero-order chi connectivity index (χ0) is 24.0. The zero-order valence-electron chi connectivity index (χ0n) is 18.7. The highest BCUT2D eigenvalue weighted by Crippen LogP contribution is 2.30. The van der Waals surface area contributed by atoms with Crippen molar-refractivity contribution in [3.63, 3.8) is 0 Å². The molecule has 0 saturated heterocycles. The number of halogens is 2. The van der Waals surface area contributed by atoms with Gasteiger partial charge in [-0.05, 0) is 44.5 Å². The van der Waals surface area contributed by atoms with Gasteiger partial charge in [0.1, 0.15) is 5.82 Å². The summed E-state index contributed by atoms with van der Waals surface area (Å²) in [6.07, 6.45) is 7.40. The number of ketones is 1. The number of nitrogens with two attached hydrogens (primary N) is 2. The number of carbonyl (C=O) groups excluding carboxylic acids is 2. The van der Waals surface area contributed by atoms with Crippen LogP contribution in [0, 0.1) is 11.7 Å². The van der Waals surface area contributed by atoms with Crippen molar-refractivity contribution in [2.45, 2.75) is 44.3 Å². The molecule has 33 heavy (non-hydrogen) atoms. The Balaban J connectivity index is 1.73. The minimum atomic E-state index is -0.695. The number of hydrogen-bond donors (Lipinski definition) is 3. The van der Waals surface area contributed by atoms with Crippen molar-refractivity contribution in [1.82, 2.24) is 10.2 Å². The van der Waals surface area contributed by atoms with Crippen LogP contribution in [0.3, 0.4) is 0 Å². The van der Waals surface area contributed by atoms with Crippen LogP contribution in [0.2, 0.25) is 0 Å². The van der Waals surface area contributed by atoms with Gasteiger partial charge in [-0.1, -0.05) is 42.3 Å². The van der Waals surface area contributed by atoms with Gasteiger partial charge in [0.25, 0.3) is 0 Å². The molecule has 1 aromatic rings. The minimum absolute atomic E-state index is 0.0191. The Kier molecular flexibility index (Phi) is 8.77. The second-order valence-electron chi connectivity index (χ2n) is 8.36. The first-order valence-electron chi connectivity index (χ1n) is 11.2. The lowest BCUT2D eigenvalue weighted by Crippen LogP contribution is -2.53. The number of Topliss-reactive ketones (excluding diaryl/α,β-unsaturated/α-hetero) is 1. The summed E-state index contributed by atoms with van der Waals surface area (Å²) in [5.41, 5.74) is 11.5. The van der Waals surface area contributed by atoms with Crippen LogP contribution in [-0.4, -0.2) is 60.2 Å². The Hall–Kier alpha value is -2.55. The third kappa shape index (κ3) is 6.07. The molecule has 0 bridgehead atoms. The van der Waals surface area contributed by atoms with Crippen molar-refractivity contribution in [3.8, 4) is 0 Å². The number of aliphatic imine (C=N–C) groups is 1. The molecule has 3 unspecified atom stereocenters. The third-order valence-electron chi connectivity index (χ3n) is 6.04. The van der Waals surface area contributed by atoms with Gasteiger partial charge in [-0.15, -0.1) is 0 Å². The molecule has 2 aliphatic rings. The fraction of sp³-hybridized carbons (Fsp3) is 0.458. The van der Waals surface area contributed by atoms with E-state index in [-0.39, 0.29) is 23.3 Å². The Bertz CT molecular complexity index is 964. The molecule has 5 N–H and O–H groups in total. The van der Waals surface area contributed by atoms with E-state index in [0.717, 1.165) is 18.7 Å². The van der Waals surface area contributed by atoms with E-state index in [1.807, 2.05) is 17.9 Å². The number of benzene rings is 1. The van der Waals surface area contributed by atoms with Gasteiger partial charge in [0.15, 0.2) is 5.78 Å². The number of nitrogens with zero attached hydrogens (tertiary/aromatic N) is 2. The van der Waals surface area contributed by atoms with Crippen LogP contribution in [0.25, 0.3) is 0 Å². The van der Waals surface area contributed by atoms with E-state index in [1.54, 1.807) is 24.3 Å². The van der Waals surface area contributed by atoms with Crippen LogP contribution in [0.5, 0.6) is 0 Å². The van der Waals surface area contributed by atoms with Crippen LogP contribution in [0.4, 0.5) is 4.39 Å². The summed E-state index contributed by atoms with van der Waals surface area (Å²) in [6.45, 7) is 3.23. The van der Waals surface area contributed by atoms with E-state index < -0.39 is 23.8 Å². The molecular formula is C24H31ClFN5O2. The van der Waals surface area contributed by atoms with Gasteiger partial charge >= 0.3 is 0 Å². The third-order valence-corrected chi connectivity index (χ3v) is 6.29. The number of carbonyl (C=O) groups is 2. The molecule has 3 rings (SSSR count). The highest BCUT2D eigenvalue weighted by molar-refractivity contribution is 6.31. The molecule has 0 saturated carbocycles. The molecule has 1 heterocycles. The molecule has 1 aliphatic carbocycles. The summed E-state index contributed by atoms with van der Waals surface area (Å²) in [5.74, 6) is -1.10. The number of unbranched alkanes of at least 4 members (excludes halogenated alkanes) is 1. The van der Waals surface area contributed by atoms with Crippen LogP contribution >= 0.6 is 11.6 Å². The highest BCUT2D eigenvalue weighted by atomic mass is 35.5. The van der Waals surface area contributed by atoms with Gasteiger partial charge in [-0.25, -0.2) is 4.39 Å². The van der Waals surface area contributed by atoms with E-state index >= 15 is 0 Å². The lowest BCUT2D eigenvalue weighted by Gasteiger charge is -2.38. The quantitative estimate of drug-likeness (QED) is 0.355. The standard InChI is InChI=1S/C24H31ClFN5O2/c1-15-29-13-17(14-30-24(33)21(28)8-4-5-11-27)31(15)22-10-9-16(25)12-19(22)23(32)18-6-2-3-7-20(18)26/h2-3,6-7,9-10,12,17,19,21-22H,4-5,8,11,13-14,27-28H2,1H3,(H,30,33)/t17?,19?,21-,22?/m0/s1. The van der Waals surface area contributed by atoms with Crippen molar-refractivity contribution in [2.24, 2.45) is 22.4 Å². The monoisotopic (exact) mass is 475 g/mol. The molecule has 1 amide bonds. The molecule has 1 aromatic carbocycles. The van der Waals surface area contributed by atoms with E-state index in [9.17, 15) is 14.0 Å². The summed E-state index contributed by atoms with van der Waals surface area (Å²) in [7, 11) is 0. The molecule has 0 spiro atoms. The highest BCUT2D eigenvalue weighted by Gasteiger charge is 2.39. The van der Waals surface area contributed by atoms with E-state index in [0.29, 0.717) is 31.1 Å². The molecule has 4 atom stereocenters. The van der Waals surface area contributed by atoms with Gasteiger partial charge in [0.2, 0.25) is 5.91 Å². The van der Waals surface area contributed by atoms with Crippen molar-refractivity contribution >= 4 is 29.1 Å². The average Bonchev–Trinajstić information content (AvgIpc) is 3.17. The fourth-order valence-corrected chi connectivity index (χ4v) is 4.46. The van der Waals surface area contributed by atoms with E-state index in [2.05, 4.69) is 10.3 Å². The molecule has 0 aromatic heterocycles. The Morgan fingerprint density at radius 2 is 2.09 bits per heavy atom. The second-order valence-corrected chi connectivity index (χ2v) is 8.79. The van der Waals surface area contributed by atoms with E-state index in [1.165, 1.54) is 12.1 Å². The Labute approximate surface area is 198 Å². The first-order valence-corrected chi connectivity index (χ1v) is 11.6. The van der Waals surface area contributed by atoms with Crippen LogP contribution in [0.1, 0.15) is 36.5 Å². The largest absolute Gasteiger partial charge is 0.353 e. The molecule has 0 radical (unpaired) electrons. The second kappa shape index (κ2) is 11.5. The van der Waals surface area contributed by atoms with Gasteiger partial charge in [0, 0.05) is 11.6 Å². The lowest BCUT2D eigenvalue weighted by atomic mass is 9.85. The molecular weight excluding hydrogens is 445 g/mol. The molecule has 7 nitrogen and oxygen atoms in total. The van der Waals surface area contributed by atoms with Crippen molar-refractivity contribution in [1.29, 1.82) is 0 Å². The lowest BCUT2D eigenvalue weighted by molar-refractivity contribution is -0.122. The molecule has 9 heteroatoms. The number of allylic oxidation sites excluding steroid dienone is 2. The first kappa shape index (κ1) is 25.1. The van der Waals surface area contributed by atoms with Crippen LogP contribution in [0.15, 0.2) is 52.5 Å². The maximum atomic E-state index is 14.4. The topological polar surface area (TPSA) is 114 Å². The van der Waals surface area contributed by atoms with Crippen LogP contribution < -0.4 is 16.8 Å². The number of amides is 1. The zero-order valence-corrected chi connectivity index (χ0v) is 19.5. The smallest absolute Gasteiger partial charge is 0.236 e. The van der Waals surface area contributed by atoms with Gasteiger partial charge in [-0.2, -0.15) is 0 Å². The van der Waals surface area contributed by atoms with Gasteiger partial charge < -0.3 is 21.7 Å². The predicted molar refractivity (Wildman–Crippen MR) is 129 cm³/mol. The molecule has 0 fully saturated rings. The Morgan fingerprint density at radius 1 is 1.33 bits per heavy atom. The van der Waals surface area contributed by atoms with Crippen molar-refractivity contribution < 1.29 is 14.0 Å². The molecule has 1 aliphatic heterocycles. The number of hydrogen-bond acceptors (Lipinski definition) is 6.